The standard InChI is InChI=1S/C14H17N5O3/c1-18-10-7-19(6-5-9(10)11(16-18)13(20)21)14-15-12(17-22-14)8-3-2-4-8/h8H,2-7H2,1H3,(H,20,21). The van der Waals surface area contributed by atoms with E-state index < -0.39 is 5.97 Å². The second-order valence-electron chi connectivity index (χ2n) is 5.94. The molecule has 1 saturated carbocycles. The van der Waals surface area contributed by atoms with Gasteiger partial charge in [-0.1, -0.05) is 11.6 Å². The first kappa shape index (κ1) is 13.3. The van der Waals surface area contributed by atoms with E-state index in [4.69, 9.17) is 4.52 Å². The van der Waals surface area contributed by atoms with E-state index in [-0.39, 0.29) is 5.69 Å². The van der Waals surface area contributed by atoms with Crippen LogP contribution in [0.3, 0.4) is 0 Å². The molecule has 116 valence electrons. The number of rotatable bonds is 3. The van der Waals surface area contributed by atoms with E-state index in [1.54, 1.807) is 11.7 Å². The van der Waals surface area contributed by atoms with Gasteiger partial charge in [0.1, 0.15) is 0 Å². The Balaban J connectivity index is 1.59. The van der Waals surface area contributed by atoms with Gasteiger partial charge in [-0.2, -0.15) is 10.1 Å². The smallest absolute Gasteiger partial charge is 0.356 e. The molecule has 1 aliphatic carbocycles. The van der Waals surface area contributed by atoms with Crippen LogP contribution in [0.25, 0.3) is 0 Å². The van der Waals surface area contributed by atoms with E-state index in [1.807, 2.05) is 4.90 Å². The zero-order valence-corrected chi connectivity index (χ0v) is 12.3. The van der Waals surface area contributed by atoms with Gasteiger partial charge in [-0.15, -0.1) is 0 Å². The number of carbonyl (C=O) groups is 1. The number of carboxylic acids is 1. The molecular formula is C14H17N5O3. The lowest BCUT2D eigenvalue weighted by atomic mass is 9.85. The highest BCUT2D eigenvalue weighted by Gasteiger charge is 2.30. The molecule has 8 nitrogen and oxygen atoms in total. The van der Waals surface area contributed by atoms with Crippen LogP contribution in [0.5, 0.6) is 0 Å². The zero-order valence-electron chi connectivity index (χ0n) is 12.3. The summed E-state index contributed by atoms with van der Waals surface area (Å²) >= 11 is 0. The first-order valence-corrected chi connectivity index (χ1v) is 7.50. The van der Waals surface area contributed by atoms with E-state index in [2.05, 4.69) is 15.2 Å². The van der Waals surface area contributed by atoms with E-state index in [9.17, 15) is 9.90 Å². The molecule has 22 heavy (non-hydrogen) atoms. The molecule has 0 radical (unpaired) electrons. The predicted octanol–water partition coefficient (Wildman–Crippen LogP) is 1.33. The van der Waals surface area contributed by atoms with E-state index in [0.717, 1.165) is 29.9 Å². The van der Waals surface area contributed by atoms with Gasteiger partial charge >= 0.3 is 12.0 Å². The number of aromatic nitrogens is 4. The summed E-state index contributed by atoms with van der Waals surface area (Å²) in [5.74, 6) is 0.256. The van der Waals surface area contributed by atoms with Gasteiger partial charge in [-0.25, -0.2) is 4.79 Å². The van der Waals surface area contributed by atoms with Gasteiger partial charge < -0.3 is 14.5 Å². The molecule has 0 bridgehead atoms. The van der Waals surface area contributed by atoms with Crippen LogP contribution < -0.4 is 4.90 Å². The lowest BCUT2D eigenvalue weighted by molar-refractivity contribution is 0.0688. The van der Waals surface area contributed by atoms with Gasteiger partial charge in [-0.3, -0.25) is 4.68 Å². The minimum absolute atomic E-state index is 0.151. The second kappa shape index (κ2) is 4.82. The molecular weight excluding hydrogens is 286 g/mol. The number of hydrogen-bond acceptors (Lipinski definition) is 6. The van der Waals surface area contributed by atoms with Crippen molar-refractivity contribution in [3.63, 3.8) is 0 Å². The topological polar surface area (TPSA) is 97.3 Å². The number of nitrogens with zero attached hydrogens (tertiary/aromatic N) is 5. The summed E-state index contributed by atoms with van der Waals surface area (Å²) < 4.78 is 7.02. The molecule has 0 unspecified atom stereocenters. The Morgan fingerprint density at radius 2 is 2.23 bits per heavy atom. The van der Waals surface area contributed by atoms with E-state index in [0.29, 0.717) is 31.4 Å². The maximum Gasteiger partial charge on any atom is 0.356 e. The first-order valence-electron chi connectivity index (χ1n) is 7.50. The molecule has 0 atom stereocenters. The Morgan fingerprint density at radius 1 is 1.41 bits per heavy atom. The van der Waals surface area contributed by atoms with E-state index in [1.165, 1.54) is 6.42 Å². The second-order valence-corrected chi connectivity index (χ2v) is 5.94. The maximum absolute atomic E-state index is 11.2. The number of fused-ring (bicyclic) bond motifs is 1. The molecule has 2 aromatic rings. The zero-order chi connectivity index (χ0) is 15.3. The molecule has 0 amide bonds. The molecule has 0 saturated heterocycles. The normalized spacial score (nSPS) is 18.1. The van der Waals surface area contributed by atoms with Gasteiger partial charge in [0.2, 0.25) is 0 Å². The quantitative estimate of drug-likeness (QED) is 0.913. The minimum Gasteiger partial charge on any atom is -0.476 e. The van der Waals surface area contributed by atoms with Gasteiger partial charge in [0.15, 0.2) is 11.5 Å². The lowest BCUT2D eigenvalue weighted by Crippen LogP contribution is -2.32. The molecule has 0 aromatic carbocycles. The van der Waals surface area contributed by atoms with Crippen molar-refractivity contribution < 1.29 is 14.4 Å². The fraction of sp³-hybridized carbons (Fsp3) is 0.571. The van der Waals surface area contributed by atoms with Crippen molar-refractivity contribution in [2.45, 2.75) is 38.1 Å². The van der Waals surface area contributed by atoms with Gasteiger partial charge in [-0.05, 0) is 19.3 Å². The van der Waals surface area contributed by atoms with Crippen LogP contribution in [-0.4, -0.2) is 37.5 Å². The van der Waals surface area contributed by atoms with Crippen molar-refractivity contribution in [2.75, 3.05) is 11.4 Å². The fourth-order valence-electron chi connectivity index (χ4n) is 3.09. The van der Waals surface area contributed by atoms with Gasteiger partial charge in [0.25, 0.3) is 0 Å². The van der Waals surface area contributed by atoms with Crippen molar-refractivity contribution >= 4 is 12.0 Å². The van der Waals surface area contributed by atoms with Crippen LogP contribution in [0.1, 0.15) is 52.8 Å². The van der Waals surface area contributed by atoms with Crippen LogP contribution in [0.15, 0.2) is 4.52 Å². The highest BCUT2D eigenvalue weighted by Crippen LogP contribution is 2.35. The van der Waals surface area contributed by atoms with Crippen molar-refractivity contribution in [3.05, 3.63) is 22.8 Å². The molecule has 1 aliphatic heterocycles. The van der Waals surface area contributed by atoms with Crippen molar-refractivity contribution in [2.24, 2.45) is 7.05 Å². The molecule has 2 aromatic heterocycles. The number of aromatic carboxylic acids is 1. The summed E-state index contributed by atoms with van der Waals surface area (Å²) in [6, 6.07) is 0.519. The van der Waals surface area contributed by atoms with Crippen LogP contribution in [0.4, 0.5) is 6.01 Å². The van der Waals surface area contributed by atoms with Crippen LogP contribution in [0, 0.1) is 0 Å². The number of hydrogen-bond donors (Lipinski definition) is 1. The Morgan fingerprint density at radius 3 is 2.91 bits per heavy atom. The Labute approximate surface area is 126 Å². The van der Waals surface area contributed by atoms with Crippen molar-refractivity contribution in [3.8, 4) is 0 Å². The molecule has 0 spiro atoms. The third kappa shape index (κ3) is 1.98. The monoisotopic (exact) mass is 303 g/mol. The average molecular weight is 303 g/mol. The minimum atomic E-state index is -0.977. The summed E-state index contributed by atoms with van der Waals surface area (Å²) in [6.45, 7) is 1.20. The van der Waals surface area contributed by atoms with Crippen LogP contribution in [0.2, 0.25) is 0 Å². The molecule has 2 aliphatic rings. The molecule has 8 heteroatoms. The summed E-state index contributed by atoms with van der Waals surface area (Å²) in [6.07, 6.45) is 4.11. The molecule has 4 rings (SSSR count). The Bertz CT molecular complexity index is 731. The Hall–Kier alpha value is -2.38. The SMILES string of the molecule is Cn1nc(C(=O)O)c2c1CN(c1nc(C3CCC3)no1)CC2. The van der Waals surface area contributed by atoms with Gasteiger partial charge in [0, 0.05) is 25.1 Å². The van der Waals surface area contributed by atoms with E-state index >= 15 is 0 Å². The third-order valence-electron chi connectivity index (χ3n) is 4.62. The third-order valence-corrected chi connectivity index (χ3v) is 4.62. The highest BCUT2D eigenvalue weighted by atomic mass is 16.5. The maximum atomic E-state index is 11.2. The summed E-state index contributed by atoms with van der Waals surface area (Å²) in [5.41, 5.74) is 1.86. The largest absolute Gasteiger partial charge is 0.476 e. The molecule has 1 N–H and O–H groups in total. The lowest BCUT2D eigenvalue weighted by Gasteiger charge is -2.25. The summed E-state index contributed by atoms with van der Waals surface area (Å²) in [7, 11) is 1.77. The van der Waals surface area contributed by atoms with Crippen LogP contribution in [-0.2, 0) is 20.0 Å². The highest BCUT2D eigenvalue weighted by molar-refractivity contribution is 5.87. The summed E-state index contributed by atoms with van der Waals surface area (Å²) in [5, 5.41) is 17.4. The van der Waals surface area contributed by atoms with Crippen molar-refractivity contribution in [1.29, 1.82) is 0 Å². The molecule has 3 heterocycles. The average Bonchev–Trinajstić information content (AvgIpc) is 3.02. The first-order chi connectivity index (χ1) is 10.6. The predicted molar refractivity (Wildman–Crippen MR) is 75.8 cm³/mol. The van der Waals surface area contributed by atoms with Gasteiger partial charge in [0.05, 0.1) is 12.2 Å². The number of anilines is 1. The number of carboxylic acid groups (broad SMARTS) is 1. The number of aryl methyl sites for hydroxylation is 1. The van der Waals surface area contributed by atoms with Crippen LogP contribution >= 0.6 is 0 Å². The Kier molecular flexibility index (Phi) is 2.91. The summed E-state index contributed by atoms with van der Waals surface area (Å²) in [4.78, 5) is 17.7. The molecule has 1 fully saturated rings. The van der Waals surface area contributed by atoms with Crippen molar-refractivity contribution in [1.82, 2.24) is 19.9 Å². The fourth-order valence-corrected chi connectivity index (χ4v) is 3.09.